The molecule has 29 heavy (non-hydrogen) atoms. The summed E-state index contributed by atoms with van der Waals surface area (Å²) in [6, 6.07) is 16.2. The Bertz CT molecular complexity index is 830. The summed E-state index contributed by atoms with van der Waals surface area (Å²) in [5.74, 6) is -1.13. The van der Waals surface area contributed by atoms with Crippen LogP contribution in [0.3, 0.4) is 0 Å². The van der Waals surface area contributed by atoms with Crippen molar-refractivity contribution >= 4 is 29.0 Å². The van der Waals surface area contributed by atoms with Gasteiger partial charge < -0.3 is 19.7 Å². The number of morpholine rings is 1. The van der Waals surface area contributed by atoms with Crippen LogP contribution in [-0.2, 0) is 19.1 Å². The summed E-state index contributed by atoms with van der Waals surface area (Å²) in [6.07, 6.45) is -0.0112. The van der Waals surface area contributed by atoms with Crippen LogP contribution in [0.4, 0.5) is 11.4 Å². The van der Waals surface area contributed by atoms with Crippen LogP contribution in [0.1, 0.15) is 23.2 Å². The molecule has 1 heterocycles. The number of Topliss-reactive ketones (excluding diaryl/α,β-unsaturated/α-hetero) is 1. The van der Waals surface area contributed by atoms with E-state index in [-0.39, 0.29) is 25.2 Å². The van der Waals surface area contributed by atoms with Crippen molar-refractivity contribution < 1.29 is 23.9 Å². The average molecular weight is 396 g/mol. The van der Waals surface area contributed by atoms with E-state index in [0.717, 1.165) is 18.8 Å². The van der Waals surface area contributed by atoms with Gasteiger partial charge in [0.2, 0.25) is 0 Å². The smallest absolute Gasteiger partial charge is 0.306 e. The molecule has 0 saturated carbocycles. The summed E-state index contributed by atoms with van der Waals surface area (Å²) < 4.78 is 10.3. The molecule has 1 saturated heterocycles. The Morgan fingerprint density at radius 3 is 2.31 bits per heavy atom. The Morgan fingerprint density at radius 1 is 0.931 bits per heavy atom. The number of nitrogens with zero attached hydrogens (tertiary/aromatic N) is 1. The third kappa shape index (κ3) is 6.43. The fourth-order valence-corrected chi connectivity index (χ4v) is 2.98. The van der Waals surface area contributed by atoms with Gasteiger partial charge in [0.25, 0.3) is 5.91 Å². The number of hydrogen-bond donors (Lipinski definition) is 1. The number of carbonyl (C=O) groups is 3. The van der Waals surface area contributed by atoms with Crippen molar-refractivity contribution in [3.8, 4) is 0 Å². The molecule has 0 bridgehead atoms. The molecule has 0 unspecified atom stereocenters. The fraction of sp³-hybridized carbons (Fsp3) is 0.318. The van der Waals surface area contributed by atoms with Gasteiger partial charge in [0.15, 0.2) is 12.4 Å². The van der Waals surface area contributed by atoms with Crippen molar-refractivity contribution in [3.05, 3.63) is 60.2 Å². The van der Waals surface area contributed by atoms with Crippen LogP contribution >= 0.6 is 0 Å². The number of hydrogen-bond acceptors (Lipinski definition) is 6. The minimum Gasteiger partial charge on any atom is -0.456 e. The number of rotatable bonds is 8. The molecule has 2 aromatic carbocycles. The molecule has 0 radical (unpaired) electrons. The molecule has 7 heteroatoms. The molecule has 1 amide bonds. The molecule has 7 nitrogen and oxygen atoms in total. The van der Waals surface area contributed by atoms with E-state index in [9.17, 15) is 14.4 Å². The van der Waals surface area contributed by atoms with Crippen LogP contribution in [0, 0.1) is 0 Å². The normalized spacial score (nSPS) is 13.6. The second-order valence-electron chi connectivity index (χ2n) is 6.64. The number of amides is 1. The first-order chi connectivity index (χ1) is 14.1. The summed E-state index contributed by atoms with van der Waals surface area (Å²) in [6.45, 7) is 2.72. The lowest BCUT2D eigenvalue weighted by Gasteiger charge is -2.28. The minimum atomic E-state index is -0.577. The molecule has 0 aliphatic carbocycles. The molecule has 1 N–H and O–H groups in total. The van der Waals surface area contributed by atoms with Crippen LogP contribution in [0.15, 0.2) is 54.6 Å². The Kier molecular flexibility index (Phi) is 7.35. The van der Waals surface area contributed by atoms with Gasteiger partial charge in [-0.1, -0.05) is 30.3 Å². The maximum absolute atomic E-state index is 12.0. The Morgan fingerprint density at radius 2 is 1.62 bits per heavy atom. The highest BCUT2D eigenvalue weighted by molar-refractivity contribution is 5.98. The minimum absolute atomic E-state index is 0.0491. The van der Waals surface area contributed by atoms with Gasteiger partial charge in [-0.25, -0.2) is 0 Å². The predicted molar refractivity (Wildman–Crippen MR) is 109 cm³/mol. The summed E-state index contributed by atoms with van der Waals surface area (Å²) in [5, 5.41) is 2.69. The van der Waals surface area contributed by atoms with Crippen LogP contribution in [0.5, 0.6) is 0 Å². The zero-order valence-corrected chi connectivity index (χ0v) is 16.1. The molecule has 1 aliphatic rings. The second-order valence-corrected chi connectivity index (χ2v) is 6.64. The second kappa shape index (κ2) is 10.4. The van der Waals surface area contributed by atoms with Gasteiger partial charge in [-0.15, -0.1) is 0 Å². The Hall–Kier alpha value is -3.19. The topological polar surface area (TPSA) is 84.9 Å². The third-order valence-corrected chi connectivity index (χ3v) is 4.54. The molecule has 0 spiro atoms. The highest BCUT2D eigenvalue weighted by Crippen LogP contribution is 2.19. The lowest BCUT2D eigenvalue weighted by atomic mass is 10.1. The number of benzene rings is 2. The van der Waals surface area contributed by atoms with Crippen molar-refractivity contribution in [3.63, 3.8) is 0 Å². The van der Waals surface area contributed by atoms with Crippen LogP contribution in [-0.4, -0.2) is 50.6 Å². The van der Waals surface area contributed by atoms with E-state index >= 15 is 0 Å². The molecule has 152 valence electrons. The number of carbonyl (C=O) groups excluding carboxylic acids is 3. The van der Waals surface area contributed by atoms with E-state index in [0.29, 0.717) is 24.5 Å². The quantitative estimate of drug-likeness (QED) is 0.546. The highest BCUT2D eigenvalue weighted by atomic mass is 16.5. The van der Waals surface area contributed by atoms with Crippen molar-refractivity contribution in [1.82, 2.24) is 0 Å². The number of esters is 1. The molecule has 1 aliphatic heterocycles. The highest BCUT2D eigenvalue weighted by Gasteiger charge is 2.13. The van der Waals surface area contributed by atoms with Gasteiger partial charge in [-0.05, 0) is 24.3 Å². The van der Waals surface area contributed by atoms with Crippen molar-refractivity contribution in [2.75, 3.05) is 43.1 Å². The molecular weight excluding hydrogens is 372 g/mol. The number of anilines is 2. The fourth-order valence-electron chi connectivity index (χ4n) is 2.98. The van der Waals surface area contributed by atoms with Gasteiger partial charge in [0.1, 0.15) is 0 Å². The van der Waals surface area contributed by atoms with Crippen molar-refractivity contribution in [1.29, 1.82) is 0 Å². The maximum atomic E-state index is 12.0. The predicted octanol–water partition coefficient (Wildman–Crippen LogP) is 2.67. The third-order valence-electron chi connectivity index (χ3n) is 4.54. The van der Waals surface area contributed by atoms with Crippen LogP contribution < -0.4 is 10.2 Å². The van der Waals surface area contributed by atoms with E-state index in [1.54, 1.807) is 24.3 Å². The van der Waals surface area contributed by atoms with Crippen LogP contribution in [0.2, 0.25) is 0 Å². The first-order valence-corrected chi connectivity index (χ1v) is 9.58. The van der Waals surface area contributed by atoms with E-state index in [2.05, 4.69) is 10.2 Å². The van der Waals surface area contributed by atoms with Crippen LogP contribution in [0.25, 0.3) is 0 Å². The lowest BCUT2D eigenvalue weighted by molar-refractivity contribution is -0.147. The molecule has 0 aromatic heterocycles. The van der Waals surface area contributed by atoms with Gasteiger partial charge in [0, 0.05) is 36.4 Å². The SMILES string of the molecule is O=C(COC(=O)CCC(=O)c1ccccc1)Nc1ccc(N2CCOCC2)cc1. The van der Waals surface area contributed by atoms with Gasteiger partial charge in [0.05, 0.1) is 19.6 Å². The monoisotopic (exact) mass is 396 g/mol. The maximum Gasteiger partial charge on any atom is 0.306 e. The van der Waals surface area contributed by atoms with E-state index in [1.165, 1.54) is 0 Å². The summed E-state index contributed by atoms with van der Waals surface area (Å²) >= 11 is 0. The largest absolute Gasteiger partial charge is 0.456 e. The summed E-state index contributed by atoms with van der Waals surface area (Å²) in [7, 11) is 0. The number of ketones is 1. The zero-order chi connectivity index (χ0) is 20.5. The lowest BCUT2D eigenvalue weighted by Crippen LogP contribution is -2.36. The number of ether oxygens (including phenoxy) is 2. The molecular formula is C22H24N2O5. The molecule has 0 atom stereocenters. The standard InChI is InChI=1S/C22H24N2O5/c25-20(17-4-2-1-3-5-17)10-11-22(27)29-16-21(26)23-18-6-8-19(9-7-18)24-12-14-28-15-13-24/h1-9H,10-16H2,(H,23,26). The average Bonchev–Trinajstić information content (AvgIpc) is 2.78. The number of nitrogens with one attached hydrogen (secondary N) is 1. The summed E-state index contributed by atoms with van der Waals surface area (Å²) in [5.41, 5.74) is 2.25. The first kappa shape index (κ1) is 20.5. The van der Waals surface area contributed by atoms with E-state index in [4.69, 9.17) is 9.47 Å². The van der Waals surface area contributed by atoms with E-state index in [1.807, 2.05) is 30.3 Å². The first-order valence-electron chi connectivity index (χ1n) is 9.58. The molecule has 1 fully saturated rings. The van der Waals surface area contributed by atoms with E-state index < -0.39 is 11.9 Å². The molecule has 2 aromatic rings. The molecule has 3 rings (SSSR count). The van der Waals surface area contributed by atoms with Crippen molar-refractivity contribution in [2.45, 2.75) is 12.8 Å². The Labute approximate surface area is 169 Å². The Balaban J connectivity index is 1.38. The summed E-state index contributed by atoms with van der Waals surface area (Å²) in [4.78, 5) is 38.0. The van der Waals surface area contributed by atoms with Gasteiger partial charge in [-0.3, -0.25) is 14.4 Å². The zero-order valence-electron chi connectivity index (χ0n) is 16.1. The van der Waals surface area contributed by atoms with Gasteiger partial charge in [-0.2, -0.15) is 0 Å². The van der Waals surface area contributed by atoms with Gasteiger partial charge >= 0.3 is 5.97 Å². The van der Waals surface area contributed by atoms with Crippen molar-refractivity contribution in [2.24, 2.45) is 0 Å².